The zero-order valence-corrected chi connectivity index (χ0v) is 10.9. The third-order valence-electron chi connectivity index (χ3n) is 4.56. The lowest BCUT2D eigenvalue weighted by molar-refractivity contribution is -0.130. The Morgan fingerprint density at radius 2 is 1.75 bits per heavy atom. The second-order valence-electron chi connectivity index (χ2n) is 6.85. The van der Waals surface area contributed by atoms with Crippen LogP contribution in [0.1, 0.15) is 65.7 Å². The van der Waals surface area contributed by atoms with E-state index in [-0.39, 0.29) is 5.41 Å². The lowest BCUT2D eigenvalue weighted by atomic mass is 9.87. The first-order valence-corrected chi connectivity index (χ1v) is 6.72. The molecular weight excluding hydrogens is 198 g/mol. The monoisotopic (exact) mass is 223 g/mol. The van der Waals surface area contributed by atoms with Crippen LogP contribution in [0.15, 0.2) is 0 Å². The van der Waals surface area contributed by atoms with Crippen LogP contribution in [0.5, 0.6) is 0 Å². The van der Waals surface area contributed by atoms with E-state index in [0.717, 1.165) is 25.7 Å². The molecule has 2 heteroatoms. The van der Waals surface area contributed by atoms with E-state index >= 15 is 0 Å². The highest BCUT2D eigenvalue weighted by atomic mass is 16.2. The summed E-state index contributed by atoms with van der Waals surface area (Å²) in [7, 11) is 0. The second-order valence-corrected chi connectivity index (χ2v) is 6.85. The molecule has 0 heterocycles. The van der Waals surface area contributed by atoms with Gasteiger partial charge >= 0.3 is 0 Å². The highest BCUT2D eigenvalue weighted by molar-refractivity contribution is 5.82. The van der Waals surface area contributed by atoms with Gasteiger partial charge in [-0.2, -0.15) is 0 Å². The number of carbonyl (C=O) groups excluding carboxylic acids is 1. The van der Waals surface area contributed by atoms with Crippen molar-refractivity contribution in [3.8, 4) is 0 Å². The maximum Gasteiger partial charge on any atom is 0.226 e. The maximum absolute atomic E-state index is 12.2. The smallest absolute Gasteiger partial charge is 0.226 e. The summed E-state index contributed by atoms with van der Waals surface area (Å²) in [6, 6.07) is 0.430. The van der Waals surface area contributed by atoms with Gasteiger partial charge in [0, 0.05) is 11.5 Å². The highest BCUT2D eigenvalue weighted by Gasteiger charge is 2.39. The van der Waals surface area contributed by atoms with E-state index in [1.165, 1.54) is 19.3 Å². The molecule has 0 aromatic heterocycles. The van der Waals surface area contributed by atoms with Crippen molar-refractivity contribution >= 4 is 5.91 Å². The van der Waals surface area contributed by atoms with Crippen LogP contribution in [0.3, 0.4) is 0 Å². The van der Waals surface area contributed by atoms with E-state index in [4.69, 9.17) is 0 Å². The Labute approximate surface area is 99.2 Å². The molecule has 2 saturated carbocycles. The van der Waals surface area contributed by atoms with E-state index in [1.54, 1.807) is 0 Å². The molecule has 0 saturated heterocycles. The predicted octanol–water partition coefficient (Wildman–Crippen LogP) is 3.26. The summed E-state index contributed by atoms with van der Waals surface area (Å²) in [5.74, 6) is 0.313. The Hall–Kier alpha value is -0.530. The molecular formula is C14H25NO. The van der Waals surface area contributed by atoms with Crippen molar-refractivity contribution in [2.45, 2.75) is 71.8 Å². The minimum absolute atomic E-state index is 0.0628. The van der Waals surface area contributed by atoms with Gasteiger partial charge in [0.2, 0.25) is 5.91 Å². The fraction of sp³-hybridized carbons (Fsp3) is 0.929. The quantitative estimate of drug-likeness (QED) is 0.765. The predicted molar refractivity (Wildman–Crippen MR) is 66.1 cm³/mol. The van der Waals surface area contributed by atoms with E-state index in [1.807, 2.05) is 0 Å². The van der Waals surface area contributed by atoms with Crippen molar-refractivity contribution < 1.29 is 4.79 Å². The fourth-order valence-electron chi connectivity index (χ4n) is 3.30. The first-order valence-electron chi connectivity index (χ1n) is 6.72. The molecule has 1 amide bonds. The first-order chi connectivity index (χ1) is 7.41. The van der Waals surface area contributed by atoms with Crippen molar-refractivity contribution in [1.82, 2.24) is 5.32 Å². The summed E-state index contributed by atoms with van der Waals surface area (Å²) in [4.78, 5) is 12.2. The first kappa shape index (κ1) is 11.9. The van der Waals surface area contributed by atoms with Crippen molar-refractivity contribution in [1.29, 1.82) is 0 Å². The standard InChI is InChI=1S/C14H25NO/c1-13(2)9-6-11(10-13)15-12(16)14(3)7-4-5-8-14/h11H,4-10H2,1-3H3,(H,15,16). The van der Waals surface area contributed by atoms with E-state index in [9.17, 15) is 4.79 Å². The van der Waals surface area contributed by atoms with Crippen molar-refractivity contribution in [2.24, 2.45) is 10.8 Å². The van der Waals surface area contributed by atoms with Crippen LogP contribution in [0.2, 0.25) is 0 Å². The number of rotatable bonds is 2. The molecule has 0 spiro atoms. The number of carbonyl (C=O) groups is 1. The molecule has 0 radical (unpaired) electrons. The number of hydrogen-bond acceptors (Lipinski definition) is 1. The Bertz CT molecular complexity index is 276. The molecule has 2 aliphatic carbocycles. The maximum atomic E-state index is 12.2. The molecule has 2 rings (SSSR count). The van der Waals surface area contributed by atoms with Crippen LogP contribution >= 0.6 is 0 Å². The molecule has 16 heavy (non-hydrogen) atoms. The number of hydrogen-bond donors (Lipinski definition) is 1. The molecule has 0 aliphatic heterocycles. The van der Waals surface area contributed by atoms with E-state index < -0.39 is 0 Å². The summed E-state index contributed by atoms with van der Waals surface area (Å²) in [5.41, 5.74) is 0.362. The van der Waals surface area contributed by atoms with Gasteiger partial charge in [-0.15, -0.1) is 0 Å². The summed E-state index contributed by atoms with van der Waals surface area (Å²) < 4.78 is 0. The molecule has 2 fully saturated rings. The molecule has 1 unspecified atom stereocenters. The summed E-state index contributed by atoms with van der Waals surface area (Å²) in [5, 5.41) is 3.28. The third-order valence-corrected chi connectivity index (χ3v) is 4.56. The lowest BCUT2D eigenvalue weighted by Gasteiger charge is -2.25. The third kappa shape index (κ3) is 2.41. The van der Waals surface area contributed by atoms with Crippen molar-refractivity contribution in [3.05, 3.63) is 0 Å². The molecule has 92 valence electrons. The minimum atomic E-state index is -0.0628. The van der Waals surface area contributed by atoms with Crippen molar-refractivity contribution in [3.63, 3.8) is 0 Å². The van der Waals surface area contributed by atoms with Crippen LogP contribution in [-0.4, -0.2) is 11.9 Å². The zero-order valence-electron chi connectivity index (χ0n) is 10.9. The van der Waals surface area contributed by atoms with Gasteiger partial charge < -0.3 is 5.32 Å². The SMILES string of the molecule is CC1(C)CCC(NC(=O)C2(C)CCCC2)C1. The molecule has 0 aromatic rings. The van der Waals surface area contributed by atoms with Crippen molar-refractivity contribution in [2.75, 3.05) is 0 Å². The molecule has 1 atom stereocenters. The van der Waals surface area contributed by atoms with Gasteiger partial charge in [0.1, 0.15) is 0 Å². The van der Waals surface area contributed by atoms with Gasteiger partial charge in [-0.05, 0) is 37.5 Å². The molecule has 2 aliphatic rings. The number of amides is 1. The molecule has 0 bridgehead atoms. The van der Waals surface area contributed by atoms with Crippen LogP contribution in [-0.2, 0) is 4.79 Å². The van der Waals surface area contributed by atoms with E-state index in [2.05, 4.69) is 26.1 Å². The van der Waals surface area contributed by atoms with Crippen LogP contribution in [0.4, 0.5) is 0 Å². The topological polar surface area (TPSA) is 29.1 Å². The molecule has 0 aromatic carbocycles. The van der Waals surface area contributed by atoms with E-state index in [0.29, 0.717) is 17.4 Å². The second kappa shape index (κ2) is 4.05. The van der Waals surface area contributed by atoms with Gasteiger partial charge in [-0.3, -0.25) is 4.79 Å². The lowest BCUT2D eigenvalue weighted by Crippen LogP contribution is -2.42. The van der Waals surface area contributed by atoms with Crippen LogP contribution in [0.25, 0.3) is 0 Å². The zero-order chi connectivity index (χ0) is 11.8. The Kier molecular flexibility index (Phi) is 3.02. The Balaban J connectivity index is 1.88. The number of nitrogens with one attached hydrogen (secondary N) is 1. The van der Waals surface area contributed by atoms with Gasteiger partial charge in [0.05, 0.1) is 0 Å². The van der Waals surface area contributed by atoms with Gasteiger partial charge in [-0.25, -0.2) is 0 Å². The summed E-state index contributed by atoms with van der Waals surface area (Å²) in [6.07, 6.45) is 8.16. The molecule has 1 N–H and O–H groups in total. The largest absolute Gasteiger partial charge is 0.353 e. The van der Waals surface area contributed by atoms with Gasteiger partial charge in [-0.1, -0.05) is 33.6 Å². The summed E-state index contributed by atoms with van der Waals surface area (Å²) >= 11 is 0. The minimum Gasteiger partial charge on any atom is -0.353 e. The fourth-order valence-corrected chi connectivity index (χ4v) is 3.30. The highest BCUT2D eigenvalue weighted by Crippen LogP contribution is 2.40. The average Bonchev–Trinajstić information content (AvgIpc) is 2.74. The average molecular weight is 223 g/mol. The Morgan fingerprint density at radius 3 is 2.25 bits per heavy atom. The van der Waals surface area contributed by atoms with Crippen LogP contribution in [0, 0.1) is 10.8 Å². The van der Waals surface area contributed by atoms with Gasteiger partial charge in [0.25, 0.3) is 0 Å². The Morgan fingerprint density at radius 1 is 1.12 bits per heavy atom. The summed E-state index contributed by atoms with van der Waals surface area (Å²) in [6.45, 7) is 6.74. The molecule has 2 nitrogen and oxygen atoms in total. The van der Waals surface area contributed by atoms with Gasteiger partial charge in [0.15, 0.2) is 0 Å². The normalized spacial score (nSPS) is 31.6. The van der Waals surface area contributed by atoms with Crippen LogP contribution < -0.4 is 5.32 Å².